The van der Waals surface area contributed by atoms with E-state index in [0.29, 0.717) is 6.10 Å². The molecule has 1 aromatic heterocycles. The summed E-state index contributed by atoms with van der Waals surface area (Å²) in [5.74, 6) is 0.862. The van der Waals surface area contributed by atoms with Crippen LogP contribution >= 0.6 is 0 Å². The number of rotatable bonds is 4. The van der Waals surface area contributed by atoms with Gasteiger partial charge in [-0.2, -0.15) is 0 Å². The van der Waals surface area contributed by atoms with Crippen molar-refractivity contribution >= 4 is 5.82 Å². The fourth-order valence-corrected chi connectivity index (χ4v) is 1.86. The smallest absolute Gasteiger partial charge is 0.144 e. The summed E-state index contributed by atoms with van der Waals surface area (Å²) in [6.07, 6.45) is 5.67. The highest BCUT2D eigenvalue weighted by Gasteiger charge is 2.14. The topological polar surface area (TPSA) is 47.0 Å². The first-order valence-electron chi connectivity index (χ1n) is 5.91. The fourth-order valence-electron chi connectivity index (χ4n) is 1.86. The lowest BCUT2D eigenvalue weighted by Gasteiger charge is -2.10. The second-order valence-corrected chi connectivity index (χ2v) is 4.28. The molecular weight excluding hydrogens is 202 g/mol. The SMILES string of the molecule is Cc1ncc(NCCC2CCCO2)nc1C. The Morgan fingerprint density at radius 3 is 3.00 bits per heavy atom. The molecule has 1 atom stereocenters. The molecule has 16 heavy (non-hydrogen) atoms. The summed E-state index contributed by atoms with van der Waals surface area (Å²) in [6.45, 7) is 5.78. The molecule has 0 amide bonds. The maximum Gasteiger partial charge on any atom is 0.144 e. The van der Waals surface area contributed by atoms with Gasteiger partial charge < -0.3 is 10.1 Å². The average Bonchev–Trinajstić information content (AvgIpc) is 2.76. The largest absolute Gasteiger partial charge is 0.378 e. The van der Waals surface area contributed by atoms with Gasteiger partial charge in [0.05, 0.1) is 23.7 Å². The second-order valence-electron chi connectivity index (χ2n) is 4.28. The number of anilines is 1. The number of ether oxygens (including phenoxy) is 1. The third-order valence-electron chi connectivity index (χ3n) is 2.99. The van der Waals surface area contributed by atoms with E-state index in [0.717, 1.165) is 36.8 Å². The molecule has 2 heterocycles. The minimum atomic E-state index is 0.437. The first kappa shape index (κ1) is 11.3. The predicted molar refractivity (Wildman–Crippen MR) is 63.6 cm³/mol. The summed E-state index contributed by atoms with van der Waals surface area (Å²) in [5.41, 5.74) is 1.98. The molecule has 0 aromatic carbocycles. The average molecular weight is 221 g/mol. The van der Waals surface area contributed by atoms with E-state index in [4.69, 9.17) is 4.74 Å². The van der Waals surface area contributed by atoms with Gasteiger partial charge in [0.25, 0.3) is 0 Å². The Bertz CT molecular complexity index is 348. The van der Waals surface area contributed by atoms with Crippen LogP contribution in [0.2, 0.25) is 0 Å². The highest BCUT2D eigenvalue weighted by atomic mass is 16.5. The molecular formula is C12H19N3O. The van der Waals surface area contributed by atoms with Crippen LogP contribution in [0.15, 0.2) is 6.20 Å². The zero-order valence-corrected chi connectivity index (χ0v) is 9.99. The Morgan fingerprint density at radius 1 is 1.44 bits per heavy atom. The summed E-state index contributed by atoms with van der Waals surface area (Å²) in [6, 6.07) is 0. The van der Waals surface area contributed by atoms with Crippen LogP contribution in [0.5, 0.6) is 0 Å². The van der Waals surface area contributed by atoms with Crippen molar-refractivity contribution < 1.29 is 4.74 Å². The number of aromatic nitrogens is 2. The first-order valence-corrected chi connectivity index (χ1v) is 5.91. The minimum absolute atomic E-state index is 0.437. The maximum absolute atomic E-state index is 5.56. The molecule has 1 aromatic rings. The van der Waals surface area contributed by atoms with Crippen molar-refractivity contribution in [3.63, 3.8) is 0 Å². The normalized spacial score (nSPS) is 20.0. The number of hydrogen-bond acceptors (Lipinski definition) is 4. The van der Waals surface area contributed by atoms with E-state index in [1.807, 2.05) is 13.8 Å². The maximum atomic E-state index is 5.56. The Balaban J connectivity index is 1.78. The molecule has 1 aliphatic rings. The highest BCUT2D eigenvalue weighted by Crippen LogP contribution is 2.15. The summed E-state index contributed by atoms with van der Waals surface area (Å²) in [7, 11) is 0. The lowest BCUT2D eigenvalue weighted by atomic mass is 10.2. The Morgan fingerprint density at radius 2 is 2.31 bits per heavy atom. The molecule has 0 aliphatic carbocycles. The van der Waals surface area contributed by atoms with E-state index in [-0.39, 0.29) is 0 Å². The van der Waals surface area contributed by atoms with Crippen molar-refractivity contribution in [2.24, 2.45) is 0 Å². The van der Waals surface area contributed by atoms with Gasteiger partial charge >= 0.3 is 0 Å². The van der Waals surface area contributed by atoms with Crippen LogP contribution in [0.3, 0.4) is 0 Å². The molecule has 0 saturated carbocycles. The molecule has 4 nitrogen and oxygen atoms in total. The quantitative estimate of drug-likeness (QED) is 0.845. The number of hydrogen-bond donors (Lipinski definition) is 1. The fraction of sp³-hybridized carbons (Fsp3) is 0.667. The van der Waals surface area contributed by atoms with Crippen LogP contribution in [-0.4, -0.2) is 29.2 Å². The van der Waals surface area contributed by atoms with E-state index < -0.39 is 0 Å². The molecule has 88 valence electrons. The van der Waals surface area contributed by atoms with Gasteiger partial charge in [0.2, 0.25) is 0 Å². The van der Waals surface area contributed by atoms with E-state index in [1.54, 1.807) is 6.20 Å². The molecule has 4 heteroatoms. The third kappa shape index (κ3) is 2.92. The lowest BCUT2D eigenvalue weighted by molar-refractivity contribution is 0.107. The van der Waals surface area contributed by atoms with E-state index in [9.17, 15) is 0 Å². The van der Waals surface area contributed by atoms with Crippen LogP contribution in [0.4, 0.5) is 5.82 Å². The van der Waals surface area contributed by atoms with Crippen molar-refractivity contribution in [2.75, 3.05) is 18.5 Å². The zero-order valence-electron chi connectivity index (χ0n) is 9.99. The predicted octanol–water partition coefficient (Wildman–Crippen LogP) is 2.07. The van der Waals surface area contributed by atoms with Crippen LogP contribution in [-0.2, 0) is 4.74 Å². The molecule has 0 radical (unpaired) electrons. The number of nitrogens with zero attached hydrogens (tertiary/aromatic N) is 2. The van der Waals surface area contributed by atoms with Crippen LogP contribution in [0.1, 0.15) is 30.7 Å². The Hall–Kier alpha value is -1.16. The van der Waals surface area contributed by atoms with Crippen LogP contribution in [0.25, 0.3) is 0 Å². The van der Waals surface area contributed by atoms with Crippen molar-refractivity contribution in [1.29, 1.82) is 0 Å². The van der Waals surface area contributed by atoms with E-state index >= 15 is 0 Å². The summed E-state index contributed by atoms with van der Waals surface area (Å²) in [5, 5.41) is 3.29. The summed E-state index contributed by atoms with van der Waals surface area (Å²) < 4.78 is 5.56. The molecule has 0 spiro atoms. The van der Waals surface area contributed by atoms with Gasteiger partial charge in [-0.25, -0.2) is 4.98 Å². The van der Waals surface area contributed by atoms with Gasteiger partial charge in [-0.15, -0.1) is 0 Å². The molecule has 1 N–H and O–H groups in total. The summed E-state index contributed by atoms with van der Waals surface area (Å²) >= 11 is 0. The van der Waals surface area contributed by atoms with Crippen LogP contribution < -0.4 is 5.32 Å². The molecule has 0 bridgehead atoms. The number of aryl methyl sites for hydroxylation is 2. The van der Waals surface area contributed by atoms with Crippen molar-refractivity contribution in [3.05, 3.63) is 17.6 Å². The molecule has 1 aliphatic heterocycles. The van der Waals surface area contributed by atoms with Crippen molar-refractivity contribution in [2.45, 2.75) is 39.2 Å². The highest BCUT2D eigenvalue weighted by molar-refractivity contribution is 5.33. The molecule has 1 fully saturated rings. The van der Waals surface area contributed by atoms with Gasteiger partial charge in [-0.1, -0.05) is 0 Å². The standard InChI is InChI=1S/C12H19N3O/c1-9-10(2)15-12(8-14-9)13-6-5-11-4-3-7-16-11/h8,11H,3-7H2,1-2H3,(H,13,15). The third-order valence-corrected chi connectivity index (χ3v) is 2.99. The molecule has 1 unspecified atom stereocenters. The Kier molecular flexibility index (Phi) is 3.72. The minimum Gasteiger partial charge on any atom is -0.378 e. The van der Waals surface area contributed by atoms with Crippen LogP contribution in [0, 0.1) is 13.8 Å². The lowest BCUT2D eigenvalue weighted by Crippen LogP contribution is -2.13. The van der Waals surface area contributed by atoms with Gasteiger partial charge in [0.15, 0.2) is 0 Å². The van der Waals surface area contributed by atoms with Gasteiger partial charge in [0, 0.05) is 13.2 Å². The van der Waals surface area contributed by atoms with Gasteiger partial charge in [-0.3, -0.25) is 4.98 Å². The van der Waals surface area contributed by atoms with Gasteiger partial charge in [0.1, 0.15) is 5.82 Å². The van der Waals surface area contributed by atoms with E-state index in [1.165, 1.54) is 12.8 Å². The second kappa shape index (κ2) is 5.25. The zero-order chi connectivity index (χ0) is 11.4. The van der Waals surface area contributed by atoms with Crippen molar-refractivity contribution in [3.8, 4) is 0 Å². The van der Waals surface area contributed by atoms with E-state index in [2.05, 4.69) is 15.3 Å². The summed E-state index contributed by atoms with van der Waals surface area (Å²) in [4.78, 5) is 8.70. The first-order chi connectivity index (χ1) is 7.75. The van der Waals surface area contributed by atoms with Crippen molar-refractivity contribution in [1.82, 2.24) is 9.97 Å². The molecule has 1 saturated heterocycles. The monoisotopic (exact) mass is 221 g/mol. The number of nitrogens with one attached hydrogen (secondary N) is 1. The Labute approximate surface area is 96.4 Å². The van der Waals surface area contributed by atoms with Gasteiger partial charge in [-0.05, 0) is 33.1 Å². The molecule has 2 rings (SSSR count).